The molecule has 4 nitrogen and oxygen atoms in total. The number of carbonyl (C=O) groups excluding carboxylic acids is 2. The standard InChI is InChI=1S/C13H16ClNO3/c1-3-15(9-12(16)18-4-2)13(17)10-6-5-7-11(14)8-10/h5-8H,3-4,9H2,1-2H3. The molecular weight excluding hydrogens is 254 g/mol. The summed E-state index contributed by atoms with van der Waals surface area (Å²) in [7, 11) is 0. The number of benzene rings is 1. The molecule has 0 aliphatic heterocycles. The summed E-state index contributed by atoms with van der Waals surface area (Å²) in [6.45, 7) is 4.23. The Kier molecular flexibility index (Phi) is 5.65. The van der Waals surface area contributed by atoms with E-state index in [0.29, 0.717) is 23.7 Å². The molecule has 0 heterocycles. The first-order chi connectivity index (χ1) is 8.58. The highest BCUT2D eigenvalue weighted by Gasteiger charge is 2.17. The molecule has 0 aliphatic rings. The predicted molar refractivity (Wildman–Crippen MR) is 69.7 cm³/mol. The highest BCUT2D eigenvalue weighted by atomic mass is 35.5. The predicted octanol–water partition coefficient (Wildman–Crippen LogP) is 2.37. The van der Waals surface area contributed by atoms with Gasteiger partial charge in [-0.2, -0.15) is 0 Å². The van der Waals surface area contributed by atoms with E-state index in [-0.39, 0.29) is 12.5 Å². The van der Waals surface area contributed by atoms with Crippen molar-refractivity contribution in [3.05, 3.63) is 34.9 Å². The van der Waals surface area contributed by atoms with Crippen LogP contribution in [-0.4, -0.2) is 36.5 Å². The summed E-state index contributed by atoms with van der Waals surface area (Å²) in [5, 5.41) is 0.494. The number of rotatable bonds is 5. The average molecular weight is 270 g/mol. The maximum absolute atomic E-state index is 12.1. The van der Waals surface area contributed by atoms with Gasteiger partial charge in [0.05, 0.1) is 6.61 Å². The second-order valence-electron chi connectivity index (χ2n) is 3.63. The highest BCUT2D eigenvalue weighted by molar-refractivity contribution is 6.30. The van der Waals surface area contributed by atoms with Crippen molar-refractivity contribution in [2.24, 2.45) is 0 Å². The van der Waals surface area contributed by atoms with Crippen LogP contribution in [0.1, 0.15) is 24.2 Å². The van der Waals surface area contributed by atoms with Gasteiger partial charge in [0.2, 0.25) is 0 Å². The molecule has 0 fully saturated rings. The molecule has 0 atom stereocenters. The van der Waals surface area contributed by atoms with Crippen molar-refractivity contribution >= 4 is 23.5 Å². The molecule has 0 aromatic heterocycles. The van der Waals surface area contributed by atoms with E-state index in [2.05, 4.69) is 0 Å². The quantitative estimate of drug-likeness (QED) is 0.771. The molecule has 0 spiro atoms. The van der Waals surface area contributed by atoms with Crippen molar-refractivity contribution < 1.29 is 14.3 Å². The van der Waals surface area contributed by atoms with E-state index in [1.54, 1.807) is 31.2 Å². The van der Waals surface area contributed by atoms with Crippen molar-refractivity contribution in [2.45, 2.75) is 13.8 Å². The summed E-state index contributed by atoms with van der Waals surface area (Å²) in [5.74, 6) is -0.636. The number of nitrogens with zero attached hydrogens (tertiary/aromatic N) is 1. The first-order valence-corrected chi connectivity index (χ1v) is 6.16. The fraction of sp³-hybridized carbons (Fsp3) is 0.385. The normalized spacial score (nSPS) is 9.94. The molecule has 1 rings (SSSR count). The summed E-state index contributed by atoms with van der Waals surface area (Å²) >= 11 is 5.83. The second kappa shape index (κ2) is 7.01. The van der Waals surface area contributed by atoms with Crippen LogP contribution in [0.2, 0.25) is 5.02 Å². The van der Waals surface area contributed by atoms with Gasteiger partial charge >= 0.3 is 5.97 Å². The van der Waals surface area contributed by atoms with Crippen LogP contribution in [0.3, 0.4) is 0 Å². The van der Waals surface area contributed by atoms with Gasteiger partial charge in [-0.15, -0.1) is 0 Å². The monoisotopic (exact) mass is 269 g/mol. The lowest BCUT2D eigenvalue weighted by molar-refractivity contribution is -0.143. The van der Waals surface area contributed by atoms with E-state index in [4.69, 9.17) is 16.3 Å². The lowest BCUT2D eigenvalue weighted by Gasteiger charge is -2.19. The Morgan fingerprint density at radius 3 is 2.61 bits per heavy atom. The van der Waals surface area contributed by atoms with Crippen molar-refractivity contribution in [3.63, 3.8) is 0 Å². The fourth-order valence-electron chi connectivity index (χ4n) is 1.49. The minimum Gasteiger partial charge on any atom is -0.465 e. The molecule has 1 aromatic rings. The van der Waals surface area contributed by atoms with E-state index < -0.39 is 5.97 Å². The van der Waals surface area contributed by atoms with Gasteiger partial charge in [0.15, 0.2) is 0 Å². The zero-order valence-corrected chi connectivity index (χ0v) is 11.2. The first kappa shape index (κ1) is 14.5. The highest BCUT2D eigenvalue weighted by Crippen LogP contribution is 2.12. The maximum atomic E-state index is 12.1. The molecule has 1 amide bonds. The lowest BCUT2D eigenvalue weighted by atomic mass is 10.2. The molecule has 0 saturated carbocycles. The molecular formula is C13H16ClNO3. The fourth-order valence-corrected chi connectivity index (χ4v) is 1.68. The number of hydrogen-bond acceptors (Lipinski definition) is 3. The van der Waals surface area contributed by atoms with E-state index in [9.17, 15) is 9.59 Å². The van der Waals surface area contributed by atoms with Crippen molar-refractivity contribution in [1.82, 2.24) is 4.90 Å². The Balaban J connectivity index is 2.76. The Morgan fingerprint density at radius 1 is 1.33 bits per heavy atom. The van der Waals surface area contributed by atoms with Crippen LogP contribution in [0.4, 0.5) is 0 Å². The van der Waals surface area contributed by atoms with Gasteiger partial charge in [0.25, 0.3) is 5.91 Å². The molecule has 5 heteroatoms. The van der Waals surface area contributed by atoms with Crippen LogP contribution in [0.15, 0.2) is 24.3 Å². The third-order valence-electron chi connectivity index (χ3n) is 2.37. The number of halogens is 1. The Morgan fingerprint density at radius 2 is 2.06 bits per heavy atom. The molecule has 98 valence electrons. The molecule has 0 unspecified atom stereocenters. The lowest BCUT2D eigenvalue weighted by Crippen LogP contribution is -2.36. The third-order valence-corrected chi connectivity index (χ3v) is 2.60. The van der Waals surface area contributed by atoms with E-state index in [1.165, 1.54) is 4.90 Å². The summed E-state index contributed by atoms with van der Waals surface area (Å²) in [4.78, 5) is 24.9. The van der Waals surface area contributed by atoms with Crippen molar-refractivity contribution in [2.75, 3.05) is 19.7 Å². The van der Waals surface area contributed by atoms with Gasteiger partial charge in [-0.3, -0.25) is 9.59 Å². The Bertz CT molecular complexity index is 434. The average Bonchev–Trinajstić information content (AvgIpc) is 2.35. The summed E-state index contributed by atoms with van der Waals surface area (Å²) in [6, 6.07) is 6.65. The van der Waals surface area contributed by atoms with E-state index in [1.807, 2.05) is 6.92 Å². The topological polar surface area (TPSA) is 46.6 Å². The Labute approximate surface area is 111 Å². The summed E-state index contributed by atoms with van der Waals surface area (Å²) < 4.78 is 4.83. The largest absolute Gasteiger partial charge is 0.465 e. The molecule has 0 N–H and O–H groups in total. The molecule has 1 aromatic carbocycles. The Hall–Kier alpha value is -1.55. The molecule has 18 heavy (non-hydrogen) atoms. The smallest absolute Gasteiger partial charge is 0.325 e. The van der Waals surface area contributed by atoms with Crippen LogP contribution in [0.25, 0.3) is 0 Å². The zero-order chi connectivity index (χ0) is 13.5. The van der Waals surface area contributed by atoms with Crippen LogP contribution in [-0.2, 0) is 9.53 Å². The van der Waals surface area contributed by atoms with Crippen LogP contribution < -0.4 is 0 Å². The minimum atomic E-state index is -0.408. The van der Waals surface area contributed by atoms with Crippen molar-refractivity contribution in [3.8, 4) is 0 Å². The minimum absolute atomic E-state index is 0.0459. The number of esters is 1. The van der Waals surface area contributed by atoms with E-state index in [0.717, 1.165) is 0 Å². The molecule has 0 radical (unpaired) electrons. The van der Waals surface area contributed by atoms with Gasteiger partial charge in [-0.05, 0) is 32.0 Å². The SMILES string of the molecule is CCOC(=O)CN(CC)C(=O)c1cccc(Cl)c1. The zero-order valence-electron chi connectivity index (χ0n) is 10.5. The van der Waals surface area contributed by atoms with Crippen LogP contribution in [0.5, 0.6) is 0 Å². The summed E-state index contributed by atoms with van der Waals surface area (Å²) in [5.41, 5.74) is 0.466. The van der Waals surface area contributed by atoms with Crippen molar-refractivity contribution in [1.29, 1.82) is 0 Å². The van der Waals surface area contributed by atoms with Crippen LogP contribution in [0, 0.1) is 0 Å². The van der Waals surface area contributed by atoms with Gasteiger partial charge in [-0.25, -0.2) is 0 Å². The molecule has 0 aliphatic carbocycles. The number of hydrogen-bond donors (Lipinski definition) is 0. The molecule has 0 saturated heterocycles. The second-order valence-corrected chi connectivity index (χ2v) is 4.07. The van der Waals surface area contributed by atoms with Gasteiger partial charge in [-0.1, -0.05) is 17.7 Å². The third kappa shape index (κ3) is 4.04. The van der Waals surface area contributed by atoms with Gasteiger partial charge in [0, 0.05) is 17.1 Å². The van der Waals surface area contributed by atoms with Crippen LogP contribution >= 0.6 is 11.6 Å². The summed E-state index contributed by atoms with van der Waals surface area (Å²) in [6.07, 6.45) is 0. The number of likely N-dealkylation sites (N-methyl/N-ethyl adjacent to an activating group) is 1. The number of carbonyl (C=O) groups is 2. The molecule has 0 bridgehead atoms. The first-order valence-electron chi connectivity index (χ1n) is 5.79. The van der Waals surface area contributed by atoms with E-state index >= 15 is 0 Å². The van der Waals surface area contributed by atoms with Gasteiger partial charge in [0.1, 0.15) is 6.54 Å². The number of amides is 1. The number of ether oxygens (including phenoxy) is 1. The maximum Gasteiger partial charge on any atom is 0.325 e. The van der Waals surface area contributed by atoms with Gasteiger partial charge < -0.3 is 9.64 Å².